The van der Waals surface area contributed by atoms with E-state index in [1.807, 2.05) is 10.9 Å². The summed E-state index contributed by atoms with van der Waals surface area (Å²) < 4.78 is 1.91. The van der Waals surface area contributed by atoms with Gasteiger partial charge in [0.25, 0.3) is 0 Å². The summed E-state index contributed by atoms with van der Waals surface area (Å²) in [5, 5.41) is 8.29. The van der Waals surface area contributed by atoms with Gasteiger partial charge in [-0.2, -0.15) is 0 Å². The van der Waals surface area contributed by atoms with E-state index in [1.54, 1.807) is 0 Å². The summed E-state index contributed by atoms with van der Waals surface area (Å²) in [5.74, 6) is 3.58. The Morgan fingerprint density at radius 1 is 0.516 bits per heavy atom. The third-order valence-corrected chi connectivity index (χ3v) is 12.6. The zero-order valence-electron chi connectivity index (χ0n) is 43.3. The smallest absolute Gasteiger partial charge is 0.141 e. The van der Waals surface area contributed by atoms with Crippen LogP contribution in [0.15, 0.2) is 30.5 Å². The molecule has 4 heteroatoms. The molecule has 1 aromatic heterocycles. The largest absolute Gasteiger partial charge is 0.299 e. The maximum absolute atomic E-state index is 12.2. The predicted molar refractivity (Wildman–Crippen MR) is 283 cm³/mol. The minimum Gasteiger partial charge on any atom is -0.299 e. The molecule has 2 aromatic rings. The van der Waals surface area contributed by atoms with Crippen molar-refractivity contribution in [2.24, 2.45) is 45.3 Å². The van der Waals surface area contributed by atoms with Crippen LogP contribution in [0.2, 0.25) is 0 Å². The van der Waals surface area contributed by atoms with E-state index in [1.165, 1.54) is 56.1 Å². The van der Waals surface area contributed by atoms with Gasteiger partial charge in [-0.25, -0.2) is 4.68 Å². The lowest BCUT2D eigenvalue weighted by Crippen LogP contribution is -2.31. The molecule has 0 saturated heterocycles. The molecule has 0 spiro atoms. The van der Waals surface area contributed by atoms with Gasteiger partial charge in [0.1, 0.15) is 5.78 Å². The number of benzene rings is 1. The lowest BCUT2D eigenvalue weighted by atomic mass is 9.64. The van der Waals surface area contributed by atoms with Crippen molar-refractivity contribution in [2.45, 2.75) is 275 Å². The minimum absolute atomic E-state index is 0. The van der Waals surface area contributed by atoms with Gasteiger partial charge in [-0.05, 0) is 135 Å². The highest BCUT2D eigenvalue weighted by Crippen LogP contribution is 2.45. The predicted octanol–water partition coefficient (Wildman–Crippen LogP) is 18.9. The molecule has 4 rings (SSSR count). The summed E-state index contributed by atoms with van der Waals surface area (Å²) >= 11 is 0. The van der Waals surface area contributed by atoms with Gasteiger partial charge in [0.05, 0.1) is 11.2 Å². The Morgan fingerprint density at radius 2 is 0.855 bits per heavy atom. The molecule has 0 atom stereocenters. The van der Waals surface area contributed by atoms with E-state index in [9.17, 15) is 4.79 Å². The van der Waals surface area contributed by atoms with Crippen LogP contribution in [-0.2, 0) is 26.6 Å². The first-order valence-corrected chi connectivity index (χ1v) is 23.3. The van der Waals surface area contributed by atoms with Gasteiger partial charge in [0.15, 0.2) is 0 Å². The molecule has 0 radical (unpaired) electrons. The van der Waals surface area contributed by atoms with Crippen LogP contribution in [0.4, 0.5) is 0 Å². The zero-order valence-corrected chi connectivity index (χ0v) is 43.3. The van der Waals surface area contributed by atoms with Crippen molar-refractivity contribution in [2.75, 3.05) is 0 Å². The Morgan fingerprint density at radius 3 is 1.06 bits per heavy atom. The van der Waals surface area contributed by atoms with Crippen molar-refractivity contribution in [3.05, 3.63) is 47.3 Å². The summed E-state index contributed by atoms with van der Waals surface area (Å²) in [4.78, 5) is 12.2. The first-order chi connectivity index (χ1) is 25.7. The van der Waals surface area contributed by atoms with Crippen LogP contribution in [0, 0.1) is 45.3 Å². The first-order valence-electron chi connectivity index (χ1n) is 23.3. The second kappa shape index (κ2) is 25.1. The standard InChI is InChI=1S/C16H30O.C14H28.C14H22.C10H19N3.4CH4/c1-15(2,3)11-12-7-9-13(10-8-12)14(17)16(4,5)6;2*1-13(2,3)11-7-9-12(10-8-11)14(4,5)6;1-9(2,3)8-7-13(12-11-8)10(4,5)6;;;;/h12-13H,7-11H2,1-6H3;11-12H,7-10H2,1-6H3;7-10H,1-6H3;7H,1-6H3;4*1H4. The molecule has 0 N–H and O–H groups in total. The van der Waals surface area contributed by atoms with E-state index >= 15 is 0 Å². The zero-order chi connectivity index (χ0) is 45.5. The fourth-order valence-electron chi connectivity index (χ4n) is 8.34. The fourth-order valence-corrected chi connectivity index (χ4v) is 8.34. The van der Waals surface area contributed by atoms with Crippen molar-refractivity contribution < 1.29 is 4.79 Å². The third-order valence-electron chi connectivity index (χ3n) is 12.6. The summed E-state index contributed by atoms with van der Waals surface area (Å²) in [6.45, 7) is 53.8. The molecule has 2 fully saturated rings. The van der Waals surface area contributed by atoms with Crippen LogP contribution in [-0.4, -0.2) is 20.8 Å². The van der Waals surface area contributed by atoms with Gasteiger partial charge in [-0.3, -0.25) is 4.79 Å². The molecule has 0 aliphatic heterocycles. The van der Waals surface area contributed by atoms with Crippen LogP contribution in [0.25, 0.3) is 0 Å². The van der Waals surface area contributed by atoms with Gasteiger partial charge in [-0.15, -0.1) is 5.10 Å². The minimum atomic E-state index is -0.151. The topological polar surface area (TPSA) is 47.8 Å². The maximum atomic E-state index is 12.2. The summed E-state index contributed by atoms with van der Waals surface area (Å²) in [6.07, 6.45) is 13.9. The van der Waals surface area contributed by atoms with Crippen LogP contribution in [0.1, 0.15) is 270 Å². The summed E-state index contributed by atoms with van der Waals surface area (Å²) in [7, 11) is 0. The molecule has 0 bridgehead atoms. The summed E-state index contributed by atoms with van der Waals surface area (Å²) in [5.41, 5.74) is 5.84. The lowest BCUT2D eigenvalue weighted by molar-refractivity contribution is -0.131. The molecule has 2 aliphatic rings. The number of hydrogen-bond donors (Lipinski definition) is 0. The van der Waals surface area contributed by atoms with Crippen LogP contribution in [0.5, 0.6) is 0 Å². The van der Waals surface area contributed by atoms with E-state index in [0.29, 0.717) is 27.9 Å². The number of Topliss-reactive ketones (excluding diaryl/α,β-unsaturated/α-hetero) is 1. The molecule has 4 nitrogen and oxygen atoms in total. The highest BCUT2D eigenvalue weighted by Gasteiger charge is 2.35. The summed E-state index contributed by atoms with van der Waals surface area (Å²) in [6, 6.07) is 9.00. The molecule has 2 saturated carbocycles. The number of ketones is 1. The maximum Gasteiger partial charge on any atom is 0.141 e. The van der Waals surface area contributed by atoms with Crippen LogP contribution < -0.4 is 0 Å². The van der Waals surface area contributed by atoms with Gasteiger partial charge < -0.3 is 0 Å². The normalized spacial score (nSPS) is 20.0. The number of aromatic nitrogens is 3. The Labute approximate surface area is 392 Å². The number of hydrogen-bond acceptors (Lipinski definition) is 3. The number of carbonyl (C=O) groups excluding carboxylic acids is 1. The molecule has 0 unspecified atom stereocenters. The number of carbonyl (C=O) groups is 1. The monoisotopic (exact) mass is 870 g/mol. The van der Waals surface area contributed by atoms with E-state index in [4.69, 9.17) is 0 Å². The highest BCUT2D eigenvalue weighted by atomic mass is 16.1. The van der Waals surface area contributed by atoms with E-state index < -0.39 is 0 Å². The van der Waals surface area contributed by atoms with Crippen LogP contribution in [0.3, 0.4) is 0 Å². The molecular weight excluding hydrogens is 755 g/mol. The van der Waals surface area contributed by atoms with Crippen molar-refractivity contribution in [3.8, 4) is 0 Å². The second-order valence-electron chi connectivity index (χ2n) is 26.9. The van der Waals surface area contributed by atoms with Gasteiger partial charge in [-0.1, -0.05) is 205 Å². The lowest BCUT2D eigenvalue weighted by Gasteiger charge is -2.41. The molecular formula is C58H115N3O. The van der Waals surface area contributed by atoms with E-state index in [0.717, 1.165) is 36.3 Å². The first kappa shape index (κ1) is 66.6. The Bertz CT molecular complexity index is 1390. The van der Waals surface area contributed by atoms with E-state index in [2.05, 4.69) is 201 Å². The fraction of sp³-hybridized carbons (Fsp3) is 0.845. The number of nitrogens with zero attached hydrogens (tertiary/aromatic N) is 3. The molecule has 2 aliphatic carbocycles. The van der Waals surface area contributed by atoms with E-state index in [-0.39, 0.29) is 56.9 Å². The Balaban J connectivity index is -0.000000356. The molecule has 0 amide bonds. The number of rotatable bonds is 2. The van der Waals surface area contributed by atoms with Gasteiger partial charge in [0, 0.05) is 22.9 Å². The average molecular weight is 871 g/mol. The molecule has 1 heterocycles. The Kier molecular flexibility index (Phi) is 27.0. The van der Waals surface area contributed by atoms with Gasteiger partial charge in [0.2, 0.25) is 0 Å². The second-order valence-corrected chi connectivity index (χ2v) is 26.9. The van der Waals surface area contributed by atoms with Crippen molar-refractivity contribution in [3.63, 3.8) is 0 Å². The SMILES string of the molecule is C.C.C.C.CC(C)(C)C1CCC(C(C)(C)C)CC1.CC(C)(C)CC1CCC(C(=O)C(C)(C)C)CC1.CC(C)(C)c1ccc(C(C)(C)C)cc1.CC(C)(C)c1cn(C(C)(C)C)nn1. The van der Waals surface area contributed by atoms with Crippen molar-refractivity contribution in [1.82, 2.24) is 15.0 Å². The molecule has 1 aromatic carbocycles. The van der Waals surface area contributed by atoms with Crippen LogP contribution >= 0.6 is 0 Å². The molecule has 368 valence electrons. The Hall–Kier alpha value is -1.97. The van der Waals surface area contributed by atoms with Crippen molar-refractivity contribution >= 4 is 5.78 Å². The average Bonchev–Trinajstić information content (AvgIpc) is 3.56. The van der Waals surface area contributed by atoms with Crippen molar-refractivity contribution in [1.29, 1.82) is 0 Å². The molecule has 62 heavy (non-hydrogen) atoms. The third kappa shape index (κ3) is 24.4. The quantitative estimate of drug-likeness (QED) is 0.302. The highest BCUT2D eigenvalue weighted by molar-refractivity contribution is 5.86. The van der Waals surface area contributed by atoms with Gasteiger partial charge >= 0.3 is 0 Å².